The normalized spacial score (nSPS) is 23.1. The number of carbonyl (C=O) groups excluding carboxylic acids is 2. The molecule has 3 aromatic rings. The number of aliphatic carboxylic acids is 1. The molecule has 29 heavy (non-hydrogen) atoms. The zero-order valence-electron chi connectivity index (χ0n) is 16.0. The second-order valence-electron chi connectivity index (χ2n) is 7.43. The molecule has 0 amide bonds. The summed E-state index contributed by atoms with van der Waals surface area (Å²) in [7, 11) is 0. The predicted molar refractivity (Wildman–Crippen MR) is 107 cm³/mol. The van der Waals surface area contributed by atoms with Crippen LogP contribution in [0.4, 0.5) is 0 Å². The SMILES string of the molecule is Cc1ccccc1OC(=O)C1[C@H](c2ccccc2)C(C(=O)[O-])[C@@H]1c1ccccc1. The van der Waals surface area contributed by atoms with Crippen molar-refractivity contribution in [3.05, 3.63) is 102 Å². The third-order valence-corrected chi connectivity index (χ3v) is 5.76. The summed E-state index contributed by atoms with van der Waals surface area (Å²) in [6, 6.07) is 25.9. The van der Waals surface area contributed by atoms with E-state index in [2.05, 4.69) is 0 Å². The summed E-state index contributed by atoms with van der Waals surface area (Å²) >= 11 is 0. The Labute approximate surface area is 169 Å². The molecule has 1 fully saturated rings. The number of carbonyl (C=O) groups is 2. The monoisotopic (exact) mass is 385 g/mol. The lowest BCUT2D eigenvalue weighted by Gasteiger charge is -2.51. The third-order valence-electron chi connectivity index (χ3n) is 5.76. The minimum absolute atomic E-state index is 0.417. The lowest BCUT2D eigenvalue weighted by Crippen LogP contribution is -2.55. The zero-order chi connectivity index (χ0) is 20.4. The van der Waals surface area contributed by atoms with Gasteiger partial charge in [0.2, 0.25) is 0 Å². The molecular formula is C25H21O4-. The standard InChI is InChI=1S/C25H22O4/c1-16-10-8-9-15-19(16)29-25(28)23-20(17-11-4-2-5-12-17)22(24(26)27)21(23)18-13-6-3-7-14-18/h2-15,20-23H,1H3,(H,26,27)/p-1/t20-,21+,22?,23?. The van der Waals surface area contributed by atoms with E-state index in [9.17, 15) is 14.7 Å². The summed E-state index contributed by atoms with van der Waals surface area (Å²) in [6.45, 7) is 1.87. The van der Waals surface area contributed by atoms with Crippen LogP contribution in [-0.2, 0) is 9.59 Å². The van der Waals surface area contributed by atoms with Crippen LogP contribution in [0.15, 0.2) is 84.9 Å². The van der Waals surface area contributed by atoms with Gasteiger partial charge in [-0.25, -0.2) is 0 Å². The molecule has 0 bridgehead atoms. The summed E-state index contributed by atoms with van der Waals surface area (Å²) in [5.41, 5.74) is 2.46. The molecule has 0 aromatic heterocycles. The molecule has 4 atom stereocenters. The van der Waals surface area contributed by atoms with Crippen molar-refractivity contribution in [3.63, 3.8) is 0 Å². The van der Waals surface area contributed by atoms with Crippen molar-refractivity contribution in [2.24, 2.45) is 11.8 Å². The van der Waals surface area contributed by atoms with Crippen LogP contribution in [0.5, 0.6) is 5.75 Å². The average molecular weight is 385 g/mol. The second kappa shape index (κ2) is 7.92. The predicted octanol–water partition coefficient (Wildman–Crippen LogP) is 3.46. The third kappa shape index (κ3) is 3.54. The molecule has 1 aliphatic carbocycles. The lowest BCUT2D eigenvalue weighted by atomic mass is 9.52. The summed E-state index contributed by atoms with van der Waals surface area (Å²) in [5, 5.41) is 12.1. The Hall–Kier alpha value is -3.40. The molecule has 2 unspecified atom stereocenters. The van der Waals surface area contributed by atoms with Crippen molar-refractivity contribution in [1.29, 1.82) is 0 Å². The molecule has 4 heteroatoms. The topological polar surface area (TPSA) is 66.4 Å². The van der Waals surface area contributed by atoms with E-state index in [1.807, 2.05) is 85.8 Å². The molecule has 3 aromatic carbocycles. The minimum Gasteiger partial charge on any atom is -0.550 e. The fourth-order valence-corrected chi connectivity index (χ4v) is 4.36. The number of hydrogen-bond acceptors (Lipinski definition) is 4. The molecule has 1 saturated carbocycles. The van der Waals surface area contributed by atoms with Gasteiger partial charge in [-0.15, -0.1) is 0 Å². The quantitative estimate of drug-likeness (QED) is 0.498. The number of aryl methyl sites for hydroxylation is 1. The maximum atomic E-state index is 13.2. The zero-order valence-corrected chi connectivity index (χ0v) is 16.0. The minimum atomic E-state index is -1.15. The number of para-hydroxylation sites is 1. The Morgan fingerprint density at radius 3 is 1.69 bits per heavy atom. The van der Waals surface area contributed by atoms with Crippen molar-refractivity contribution in [2.45, 2.75) is 18.8 Å². The van der Waals surface area contributed by atoms with E-state index in [-0.39, 0.29) is 0 Å². The van der Waals surface area contributed by atoms with Gasteiger partial charge in [0.05, 0.1) is 5.92 Å². The first kappa shape index (κ1) is 18.9. The maximum absolute atomic E-state index is 13.2. The number of rotatable bonds is 5. The van der Waals surface area contributed by atoms with Crippen molar-refractivity contribution >= 4 is 11.9 Å². The number of hydrogen-bond donors (Lipinski definition) is 0. The lowest BCUT2D eigenvalue weighted by molar-refractivity contribution is -0.317. The van der Waals surface area contributed by atoms with Crippen LogP contribution < -0.4 is 9.84 Å². The molecule has 4 nitrogen and oxygen atoms in total. The second-order valence-corrected chi connectivity index (χ2v) is 7.43. The first-order valence-corrected chi connectivity index (χ1v) is 9.66. The number of carboxylic acid groups (broad SMARTS) is 1. The fourth-order valence-electron chi connectivity index (χ4n) is 4.36. The van der Waals surface area contributed by atoms with Crippen LogP contribution in [-0.4, -0.2) is 11.9 Å². The Kier molecular flexibility index (Phi) is 5.17. The molecule has 0 saturated heterocycles. The van der Waals surface area contributed by atoms with Gasteiger partial charge in [0.1, 0.15) is 5.75 Å². The number of esters is 1. The molecule has 0 spiro atoms. The van der Waals surface area contributed by atoms with Crippen LogP contribution in [0.1, 0.15) is 28.5 Å². The Bertz CT molecular complexity index is 966. The van der Waals surface area contributed by atoms with E-state index < -0.39 is 35.6 Å². The van der Waals surface area contributed by atoms with Crippen molar-refractivity contribution < 1.29 is 19.4 Å². The van der Waals surface area contributed by atoms with Crippen molar-refractivity contribution in [1.82, 2.24) is 0 Å². The van der Waals surface area contributed by atoms with Gasteiger partial charge in [-0.05, 0) is 29.7 Å². The van der Waals surface area contributed by atoms with E-state index in [4.69, 9.17) is 4.74 Å². The summed E-state index contributed by atoms with van der Waals surface area (Å²) in [4.78, 5) is 25.3. The van der Waals surface area contributed by atoms with Crippen LogP contribution in [0, 0.1) is 18.8 Å². The van der Waals surface area contributed by atoms with Gasteiger partial charge in [-0.3, -0.25) is 4.79 Å². The van der Waals surface area contributed by atoms with Gasteiger partial charge in [0, 0.05) is 23.7 Å². The highest BCUT2D eigenvalue weighted by Gasteiger charge is 2.56. The average Bonchev–Trinajstić information content (AvgIpc) is 2.70. The molecule has 0 radical (unpaired) electrons. The Balaban J connectivity index is 1.74. The first-order chi connectivity index (χ1) is 14.1. The molecular weight excluding hydrogens is 364 g/mol. The Morgan fingerprint density at radius 1 is 0.724 bits per heavy atom. The van der Waals surface area contributed by atoms with E-state index in [1.165, 1.54) is 0 Å². The van der Waals surface area contributed by atoms with E-state index in [0.29, 0.717) is 5.75 Å². The fraction of sp³-hybridized carbons (Fsp3) is 0.200. The molecule has 146 valence electrons. The first-order valence-electron chi connectivity index (χ1n) is 9.66. The van der Waals surface area contributed by atoms with Gasteiger partial charge in [-0.2, -0.15) is 0 Å². The molecule has 0 heterocycles. The van der Waals surface area contributed by atoms with Crippen LogP contribution in [0.25, 0.3) is 0 Å². The van der Waals surface area contributed by atoms with Crippen LogP contribution in [0.3, 0.4) is 0 Å². The van der Waals surface area contributed by atoms with Gasteiger partial charge >= 0.3 is 5.97 Å². The van der Waals surface area contributed by atoms with E-state index in [0.717, 1.165) is 16.7 Å². The molecule has 0 aliphatic heterocycles. The number of benzene rings is 3. The highest BCUT2D eigenvalue weighted by molar-refractivity contribution is 5.85. The van der Waals surface area contributed by atoms with Crippen LogP contribution in [0.2, 0.25) is 0 Å². The summed E-state index contributed by atoms with van der Waals surface area (Å²) < 4.78 is 5.73. The summed E-state index contributed by atoms with van der Waals surface area (Å²) in [6.07, 6.45) is 0. The smallest absolute Gasteiger partial charge is 0.315 e. The molecule has 4 rings (SSSR count). The largest absolute Gasteiger partial charge is 0.550 e. The van der Waals surface area contributed by atoms with Crippen molar-refractivity contribution in [2.75, 3.05) is 0 Å². The van der Waals surface area contributed by atoms with Gasteiger partial charge < -0.3 is 14.6 Å². The molecule has 0 N–H and O–H groups in total. The van der Waals surface area contributed by atoms with Gasteiger partial charge in [0.15, 0.2) is 0 Å². The van der Waals surface area contributed by atoms with Crippen molar-refractivity contribution in [3.8, 4) is 5.75 Å². The Morgan fingerprint density at radius 2 is 1.21 bits per heavy atom. The van der Waals surface area contributed by atoms with E-state index in [1.54, 1.807) is 6.07 Å². The van der Waals surface area contributed by atoms with Gasteiger partial charge in [0.25, 0.3) is 0 Å². The maximum Gasteiger partial charge on any atom is 0.315 e. The number of carboxylic acids is 1. The highest BCUT2D eigenvalue weighted by Crippen LogP contribution is 2.57. The van der Waals surface area contributed by atoms with Crippen LogP contribution >= 0.6 is 0 Å². The summed E-state index contributed by atoms with van der Waals surface area (Å²) in [5.74, 6) is -3.47. The molecule has 1 aliphatic rings. The van der Waals surface area contributed by atoms with Gasteiger partial charge in [-0.1, -0.05) is 78.9 Å². The number of ether oxygens (including phenoxy) is 1. The van der Waals surface area contributed by atoms with E-state index >= 15 is 0 Å². The highest BCUT2D eigenvalue weighted by atomic mass is 16.5.